The van der Waals surface area contributed by atoms with E-state index in [4.69, 9.17) is 5.73 Å². The Hall–Kier alpha value is -1.43. The molecule has 2 aromatic rings. The molecule has 0 aliphatic rings. The Morgan fingerprint density at radius 3 is 2.65 bits per heavy atom. The van der Waals surface area contributed by atoms with Crippen LogP contribution in [0.3, 0.4) is 0 Å². The molecule has 1 aromatic heterocycles. The maximum atomic E-state index is 9.61. The molecule has 3 N–H and O–H groups in total. The average molecular weight is 289 g/mol. The number of aliphatic hydroxyl groups excluding tert-OH is 1. The van der Waals surface area contributed by atoms with Crippen LogP contribution in [0.4, 0.5) is 0 Å². The van der Waals surface area contributed by atoms with Crippen LogP contribution in [0.2, 0.25) is 0 Å². The second-order valence-electron chi connectivity index (χ2n) is 4.76. The molecule has 106 valence electrons. The Balaban J connectivity index is 1.98. The summed E-state index contributed by atoms with van der Waals surface area (Å²) < 4.78 is 0. The van der Waals surface area contributed by atoms with Gasteiger partial charge in [-0.3, -0.25) is 0 Å². The van der Waals surface area contributed by atoms with Crippen LogP contribution in [0, 0.1) is 6.92 Å². The highest BCUT2D eigenvalue weighted by atomic mass is 32.2. The summed E-state index contributed by atoms with van der Waals surface area (Å²) in [5.41, 5.74) is 7.50. The first kappa shape index (κ1) is 15.0. The van der Waals surface area contributed by atoms with Gasteiger partial charge in [0.05, 0.1) is 12.1 Å². The molecule has 0 bridgehead atoms. The fraction of sp³-hybridized carbons (Fsp3) is 0.333. The summed E-state index contributed by atoms with van der Waals surface area (Å²) in [5, 5.41) is 10.4. The van der Waals surface area contributed by atoms with Gasteiger partial charge in [0.25, 0.3) is 0 Å². The third-order valence-corrected chi connectivity index (χ3v) is 4.05. The molecule has 0 radical (unpaired) electrons. The highest BCUT2D eigenvalue weighted by molar-refractivity contribution is 7.99. The molecular formula is C15H19N3OS. The third kappa shape index (κ3) is 3.79. The van der Waals surface area contributed by atoms with E-state index < -0.39 is 5.54 Å². The number of nitrogens with two attached hydrogens (primary N) is 1. The molecule has 5 heteroatoms. The summed E-state index contributed by atoms with van der Waals surface area (Å²) in [5.74, 6) is 0.759. The van der Waals surface area contributed by atoms with Gasteiger partial charge in [0, 0.05) is 17.6 Å². The summed E-state index contributed by atoms with van der Waals surface area (Å²) in [6, 6.07) is 11.6. The number of hydrogen-bond acceptors (Lipinski definition) is 5. The molecule has 0 aliphatic carbocycles. The lowest BCUT2D eigenvalue weighted by molar-refractivity contribution is 0.193. The fourth-order valence-corrected chi connectivity index (χ4v) is 2.90. The molecule has 0 saturated heterocycles. The topological polar surface area (TPSA) is 72.0 Å². The van der Waals surface area contributed by atoms with Gasteiger partial charge in [-0.15, -0.1) is 0 Å². The van der Waals surface area contributed by atoms with Crippen molar-refractivity contribution < 1.29 is 5.11 Å². The summed E-state index contributed by atoms with van der Waals surface area (Å²) >= 11 is 1.56. The van der Waals surface area contributed by atoms with Crippen LogP contribution in [-0.2, 0) is 5.54 Å². The number of aryl methyl sites for hydroxylation is 1. The molecular weight excluding hydrogens is 270 g/mol. The monoisotopic (exact) mass is 289 g/mol. The zero-order valence-corrected chi connectivity index (χ0v) is 12.3. The Morgan fingerprint density at radius 1 is 1.25 bits per heavy atom. The van der Waals surface area contributed by atoms with Crippen LogP contribution >= 0.6 is 11.8 Å². The minimum atomic E-state index is -0.710. The molecule has 20 heavy (non-hydrogen) atoms. The lowest BCUT2D eigenvalue weighted by atomic mass is 9.89. The number of nitrogens with zero attached hydrogens (tertiary/aromatic N) is 2. The van der Waals surface area contributed by atoms with E-state index in [-0.39, 0.29) is 6.61 Å². The van der Waals surface area contributed by atoms with Gasteiger partial charge in [0.1, 0.15) is 0 Å². The average Bonchev–Trinajstić information content (AvgIpc) is 2.48. The van der Waals surface area contributed by atoms with Crippen LogP contribution in [0.1, 0.15) is 17.7 Å². The minimum absolute atomic E-state index is 0.0771. The summed E-state index contributed by atoms with van der Waals surface area (Å²) in [7, 11) is 0. The van der Waals surface area contributed by atoms with Gasteiger partial charge in [-0.2, -0.15) is 0 Å². The van der Waals surface area contributed by atoms with Crippen molar-refractivity contribution >= 4 is 11.8 Å². The Kier molecular flexibility index (Phi) is 5.11. The zero-order valence-electron chi connectivity index (χ0n) is 11.5. The normalized spacial score (nSPS) is 13.9. The smallest absolute Gasteiger partial charge is 0.187 e. The van der Waals surface area contributed by atoms with Crippen molar-refractivity contribution in [3.8, 4) is 0 Å². The first-order valence-corrected chi connectivity index (χ1v) is 7.50. The second-order valence-corrected chi connectivity index (χ2v) is 5.82. The lowest BCUT2D eigenvalue weighted by Gasteiger charge is -2.27. The fourth-order valence-electron chi connectivity index (χ4n) is 1.90. The Bertz CT molecular complexity index is 550. The molecule has 0 fully saturated rings. The van der Waals surface area contributed by atoms with Crippen LogP contribution in [0.25, 0.3) is 0 Å². The van der Waals surface area contributed by atoms with Crippen LogP contribution in [0.5, 0.6) is 0 Å². The maximum absolute atomic E-state index is 9.61. The lowest BCUT2D eigenvalue weighted by Crippen LogP contribution is -2.41. The first-order valence-electron chi connectivity index (χ1n) is 6.52. The van der Waals surface area contributed by atoms with Crippen molar-refractivity contribution in [2.75, 3.05) is 12.4 Å². The van der Waals surface area contributed by atoms with Crippen molar-refractivity contribution in [1.29, 1.82) is 0 Å². The maximum Gasteiger partial charge on any atom is 0.187 e. The molecule has 0 saturated carbocycles. The standard InChI is InChI=1S/C15H19N3OS/c1-12-7-9-17-14(18-12)20-10-8-15(16,11-19)13-5-3-2-4-6-13/h2-7,9,19H,8,10-11,16H2,1H3. The zero-order chi connectivity index (χ0) is 14.4. The van der Waals surface area contributed by atoms with Crippen molar-refractivity contribution in [2.24, 2.45) is 5.73 Å². The van der Waals surface area contributed by atoms with Crippen molar-refractivity contribution in [1.82, 2.24) is 9.97 Å². The molecule has 0 aliphatic heterocycles. The first-order chi connectivity index (χ1) is 9.64. The van der Waals surface area contributed by atoms with E-state index in [1.54, 1.807) is 18.0 Å². The quantitative estimate of drug-likeness (QED) is 0.629. The van der Waals surface area contributed by atoms with Gasteiger partial charge >= 0.3 is 0 Å². The molecule has 4 nitrogen and oxygen atoms in total. The Labute approximate surface area is 123 Å². The number of thioether (sulfide) groups is 1. The van der Waals surface area contributed by atoms with Crippen molar-refractivity contribution in [2.45, 2.75) is 24.0 Å². The van der Waals surface area contributed by atoms with Crippen LogP contribution < -0.4 is 5.73 Å². The van der Waals surface area contributed by atoms with Crippen LogP contribution in [0.15, 0.2) is 47.8 Å². The summed E-state index contributed by atoms with van der Waals surface area (Å²) in [6.07, 6.45) is 2.42. The molecule has 1 heterocycles. The van der Waals surface area contributed by atoms with E-state index in [1.807, 2.05) is 43.3 Å². The largest absolute Gasteiger partial charge is 0.394 e. The summed E-state index contributed by atoms with van der Waals surface area (Å²) in [6.45, 7) is 1.86. The van der Waals surface area contributed by atoms with Crippen LogP contribution in [-0.4, -0.2) is 27.4 Å². The SMILES string of the molecule is Cc1ccnc(SCCC(N)(CO)c2ccccc2)n1. The van der Waals surface area contributed by atoms with E-state index >= 15 is 0 Å². The van der Waals surface area contributed by atoms with Gasteiger partial charge in [-0.1, -0.05) is 42.1 Å². The molecule has 1 unspecified atom stereocenters. The van der Waals surface area contributed by atoms with Gasteiger partial charge in [0.15, 0.2) is 5.16 Å². The van der Waals surface area contributed by atoms with E-state index in [0.29, 0.717) is 6.42 Å². The van der Waals surface area contributed by atoms with Crippen molar-refractivity contribution in [3.63, 3.8) is 0 Å². The number of rotatable bonds is 6. The third-order valence-electron chi connectivity index (χ3n) is 3.18. The van der Waals surface area contributed by atoms with Gasteiger partial charge < -0.3 is 10.8 Å². The molecule has 2 rings (SSSR count). The Morgan fingerprint density at radius 2 is 2.00 bits per heavy atom. The highest BCUT2D eigenvalue weighted by Gasteiger charge is 2.26. The second kappa shape index (κ2) is 6.83. The van der Waals surface area contributed by atoms with E-state index in [9.17, 15) is 5.11 Å². The number of benzene rings is 1. The number of aliphatic hydroxyl groups is 1. The molecule has 1 aromatic carbocycles. The molecule has 1 atom stereocenters. The van der Waals surface area contributed by atoms with Gasteiger partial charge in [-0.05, 0) is 25.0 Å². The van der Waals surface area contributed by atoms with Crippen molar-refractivity contribution in [3.05, 3.63) is 53.9 Å². The minimum Gasteiger partial charge on any atom is -0.394 e. The predicted molar refractivity (Wildman–Crippen MR) is 81.5 cm³/mol. The van der Waals surface area contributed by atoms with E-state index in [2.05, 4.69) is 9.97 Å². The van der Waals surface area contributed by atoms with E-state index in [1.165, 1.54) is 0 Å². The van der Waals surface area contributed by atoms with E-state index in [0.717, 1.165) is 22.2 Å². The molecule has 0 spiro atoms. The number of aromatic nitrogens is 2. The van der Waals surface area contributed by atoms with Gasteiger partial charge in [-0.25, -0.2) is 9.97 Å². The summed E-state index contributed by atoms with van der Waals surface area (Å²) in [4.78, 5) is 8.55. The molecule has 0 amide bonds. The predicted octanol–water partition coefficient (Wildman–Crippen LogP) is 2.11. The number of hydrogen-bond donors (Lipinski definition) is 2. The van der Waals surface area contributed by atoms with Gasteiger partial charge in [0.2, 0.25) is 0 Å². The highest BCUT2D eigenvalue weighted by Crippen LogP contribution is 2.25.